The van der Waals surface area contributed by atoms with Crippen LogP contribution in [0.2, 0.25) is 0 Å². The molecule has 1 unspecified atom stereocenters. The van der Waals surface area contributed by atoms with Crippen LogP contribution in [0, 0.1) is 0 Å². The molecule has 0 saturated heterocycles. The number of hydrogen-bond donors (Lipinski definition) is 0. The lowest BCUT2D eigenvalue weighted by atomic mass is 10.2. The van der Waals surface area contributed by atoms with Crippen LogP contribution in [-0.2, 0) is 18.4 Å². The van der Waals surface area contributed by atoms with Crippen LogP contribution in [0.3, 0.4) is 0 Å². The third-order valence-corrected chi connectivity index (χ3v) is 5.14. The van der Waals surface area contributed by atoms with Crippen molar-refractivity contribution < 1.29 is 4.79 Å². The fraction of sp³-hybridized carbons (Fsp3) is 0.263. The van der Waals surface area contributed by atoms with Crippen LogP contribution in [-0.4, -0.2) is 42.9 Å². The fourth-order valence-corrected chi connectivity index (χ4v) is 3.55. The topological polar surface area (TPSA) is 63.9 Å². The van der Waals surface area contributed by atoms with E-state index in [1.54, 1.807) is 17.3 Å². The maximum absolute atomic E-state index is 12.7. The zero-order valence-electron chi connectivity index (χ0n) is 15.0. The van der Waals surface area contributed by atoms with Gasteiger partial charge in [0.25, 0.3) is 0 Å². The first kappa shape index (κ1) is 18.1. The lowest BCUT2D eigenvalue weighted by Crippen LogP contribution is -2.32. The van der Waals surface area contributed by atoms with E-state index in [0.29, 0.717) is 11.7 Å². The molecule has 0 saturated carbocycles. The Bertz CT molecular complexity index is 866. The normalized spacial score (nSPS) is 12.0. The van der Waals surface area contributed by atoms with Crippen LogP contribution in [0.4, 0.5) is 0 Å². The molecule has 0 radical (unpaired) electrons. The average molecular weight is 367 g/mol. The van der Waals surface area contributed by atoms with Gasteiger partial charge in [-0.05, 0) is 24.6 Å². The van der Waals surface area contributed by atoms with Crippen LogP contribution in [0.1, 0.15) is 12.5 Å². The van der Waals surface area contributed by atoms with Crippen LogP contribution >= 0.6 is 11.8 Å². The molecule has 3 aromatic rings. The number of benzene rings is 1. The Morgan fingerprint density at radius 2 is 1.96 bits per heavy atom. The molecule has 7 heteroatoms. The number of carbonyl (C=O) groups is 1. The van der Waals surface area contributed by atoms with Crippen molar-refractivity contribution in [3.8, 4) is 11.4 Å². The van der Waals surface area contributed by atoms with Crippen molar-refractivity contribution in [3.05, 3.63) is 60.4 Å². The van der Waals surface area contributed by atoms with Gasteiger partial charge in [-0.2, -0.15) is 0 Å². The zero-order chi connectivity index (χ0) is 18.5. The van der Waals surface area contributed by atoms with Gasteiger partial charge < -0.3 is 9.47 Å². The van der Waals surface area contributed by atoms with E-state index in [9.17, 15) is 4.79 Å². The van der Waals surface area contributed by atoms with Crippen LogP contribution < -0.4 is 0 Å². The summed E-state index contributed by atoms with van der Waals surface area (Å²) >= 11 is 1.41. The van der Waals surface area contributed by atoms with Gasteiger partial charge in [0.15, 0.2) is 11.0 Å². The molecule has 0 aliphatic carbocycles. The third kappa shape index (κ3) is 4.11. The molecule has 0 bridgehead atoms. The summed E-state index contributed by atoms with van der Waals surface area (Å²) in [5.41, 5.74) is 2.01. The maximum Gasteiger partial charge on any atom is 0.235 e. The minimum absolute atomic E-state index is 0.0600. The van der Waals surface area contributed by atoms with E-state index >= 15 is 0 Å². The molecule has 0 N–H and O–H groups in total. The Balaban J connectivity index is 1.67. The summed E-state index contributed by atoms with van der Waals surface area (Å²) in [6.07, 6.45) is 3.47. The third-order valence-electron chi connectivity index (χ3n) is 4.02. The first-order valence-corrected chi connectivity index (χ1v) is 9.19. The molecule has 3 rings (SSSR count). The number of aromatic nitrogens is 4. The van der Waals surface area contributed by atoms with E-state index in [0.717, 1.165) is 17.0 Å². The molecule has 26 heavy (non-hydrogen) atoms. The Hall–Kier alpha value is -2.67. The SMILES string of the molecule is CC(Sc1nnc(-c2cccnc2)n1C)C(=O)N(C)Cc1ccccc1. The molecule has 6 nitrogen and oxygen atoms in total. The van der Waals surface area contributed by atoms with Gasteiger partial charge in [-0.25, -0.2) is 0 Å². The van der Waals surface area contributed by atoms with E-state index in [1.165, 1.54) is 11.8 Å². The molecule has 0 aliphatic rings. The number of hydrogen-bond acceptors (Lipinski definition) is 5. The van der Waals surface area contributed by atoms with Crippen molar-refractivity contribution in [2.45, 2.75) is 23.9 Å². The number of carbonyl (C=O) groups excluding carboxylic acids is 1. The molecule has 1 amide bonds. The quantitative estimate of drug-likeness (QED) is 0.627. The molecule has 2 aromatic heterocycles. The van der Waals surface area contributed by atoms with E-state index in [-0.39, 0.29) is 11.2 Å². The predicted octanol–water partition coefficient (Wildman–Crippen LogP) is 3.02. The van der Waals surface area contributed by atoms with Gasteiger partial charge in [0.05, 0.1) is 5.25 Å². The van der Waals surface area contributed by atoms with Gasteiger partial charge in [-0.15, -0.1) is 10.2 Å². The highest BCUT2D eigenvalue weighted by molar-refractivity contribution is 8.00. The Morgan fingerprint density at radius 3 is 2.65 bits per heavy atom. The monoisotopic (exact) mass is 367 g/mol. The summed E-state index contributed by atoms with van der Waals surface area (Å²) < 4.78 is 1.89. The fourth-order valence-electron chi connectivity index (χ4n) is 2.62. The second-order valence-corrected chi connectivity index (χ2v) is 7.35. The van der Waals surface area contributed by atoms with E-state index in [1.807, 2.05) is 68.1 Å². The van der Waals surface area contributed by atoms with Crippen molar-refractivity contribution in [2.75, 3.05) is 7.05 Å². The summed E-state index contributed by atoms with van der Waals surface area (Å²) in [5, 5.41) is 8.92. The first-order valence-electron chi connectivity index (χ1n) is 8.31. The van der Waals surface area contributed by atoms with E-state index in [2.05, 4.69) is 15.2 Å². The van der Waals surface area contributed by atoms with Crippen LogP contribution in [0.5, 0.6) is 0 Å². The number of amides is 1. The number of pyridine rings is 1. The molecule has 0 spiro atoms. The Morgan fingerprint density at radius 1 is 1.19 bits per heavy atom. The molecular weight excluding hydrogens is 346 g/mol. The predicted molar refractivity (Wildman–Crippen MR) is 102 cm³/mol. The molecule has 0 aliphatic heterocycles. The highest BCUT2D eigenvalue weighted by Crippen LogP contribution is 2.26. The second kappa shape index (κ2) is 8.14. The molecule has 1 aromatic carbocycles. The van der Waals surface area contributed by atoms with Gasteiger partial charge >= 0.3 is 0 Å². The lowest BCUT2D eigenvalue weighted by molar-refractivity contribution is -0.129. The van der Waals surface area contributed by atoms with Crippen molar-refractivity contribution >= 4 is 17.7 Å². The van der Waals surface area contributed by atoms with Crippen LogP contribution in [0.15, 0.2) is 60.0 Å². The molecule has 134 valence electrons. The smallest absolute Gasteiger partial charge is 0.235 e. The van der Waals surface area contributed by atoms with Gasteiger partial charge in [-0.3, -0.25) is 9.78 Å². The molecule has 2 heterocycles. The lowest BCUT2D eigenvalue weighted by Gasteiger charge is -2.21. The highest BCUT2D eigenvalue weighted by Gasteiger charge is 2.22. The molecule has 0 fully saturated rings. The van der Waals surface area contributed by atoms with E-state index in [4.69, 9.17) is 0 Å². The zero-order valence-corrected chi connectivity index (χ0v) is 15.8. The minimum atomic E-state index is -0.256. The highest BCUT2D eigenvalue weighted by atomic mass is 32.2. The van der Waals surface area contributed by atoms with Crippen molar-refractivity contribution in [1.82, 2.24) is 24.6 Å². The van der Waals surface area contributed by atoms with Crippen molar-refractivity contribution in [3.63, 3.8) is 0 Å². The Labute approximate surface area is 157 Å². The molecular formula is C19H21N5OS. The van der Waals surface area contributed by atoms with Gasteiger partial charge in [0, 0.05) is 38.6 Å². The van der Waals surface area contributed by atoms with Crippen LogP contribution in [0.25, 0.3) is 11.4 Å². The summed E-state index contributed by atoms with van der Waals surface area (Å²) in [7, 11) is 3.72. The average Bonchev–Trinajstić information content (AvgIpc) is 3.03. The second-order valence-electron chi connectivity index (χ2n) is 6.05. The van der Waals surface area contributed by atoms with Crippen molar-refractivity contribution in [1.29, 1.82) is 0 Å². The number of rotatable bonds is 6. The maximum atomic E-state index is 12.7. The number of thioether (sulfide) groups is 1. The summed E-state index contributed by atoms with van der Waals surface area (Å²) in [4.78, 5) is 18.5. The van der Waals surface area contributed by atoms with Gasteiger partial charge in [-0.1, -0.05) is 42.1 Å². The van der Waals surface area contributed by atoms with Crippen molar-refractivity contribution in [2.24, 2.45) is 7.05 Å². The van der Waals surface area contributed by atoms with Gasteiger partial charge in [0.2, 0.25) is 5.91 Å². The van der Waals surface area contributed by atoms with Gasteiger partial charge in [0.1, 0.15) is 0 Å². The minimum Gasteiger partial charge on any atom is -0.340 e. The Kier molecular flexibility index (Phi) is 5.68. The number of nitrogens with zero attached hydrogens (tertiary/aromatic N) is 5. The van der Waals surface area contributed by atoms with E-state index < -0.39 is 0 Å². The standard InChI is InChI=1S/C19H21N5OS/c1-14(18(25)23(2)13-15-8-5-4-6-9-15)26-19-22-21-17(24(19)3)16-10-7-11-20-12-16/h4-12,14H,13H2,1-3H3. The summed E-state index contributed by atoms with van der Waals surface area (Å²) in [6, 6.07) is 13.8. The molecule has 1 atom stereocenters. The summed E-state index contributed by atoms with van der Waals surface area (Å²) in [6.45, 7) is 2.48. The summed E-state index contributed by atoms with van der Waals surface area (Å²) in [5.74, 6) is 0.794. The first-order chi connectivity index (χ1) is 12.6. The largest absolute Gasteiger partial charge is 0.340 e.